The fourth-order valence-corrected chi connectivity index (χ4v) is 7.61. The van der Waals surface area contributed by atoms with E-state index in [1.807, 2.05) is 54.9 Å². The van der Waals surface area contributed by atoms with Gasteiger partial charge in [0.1, 0.15) is 11.5 Å². The maximum Gasteiger partial charge on any atom is 0.124 e. The first-order valence-corrected chi connectivity index (χ1v) is 18.6. The first kappa shape index (κ1) is 35.8. The van der Waals surface area contributed by atoms with E-state index in [-0.39, 0.29) is 0 Å². The minimum atomic E-state index is 0.698. The van der Waals surface area contributed by atoms with Gasteiger partial charge in [-0.25, -0.2) is 0 Å². The maximum atomic E-state index is 6.13. The van der Waals surface area contributed by atoms with Crippen molar-refractivity contribution in [1.82, 2.24) is 29.7 Å². The van der Waals surface area contributed by atoms with Crippen molar-refractivity contribution in [1.29, 1.82) is 0 Å². The fourth-order valence-electron chi connectivity index (χ4n) is 7.28. The topological polar surface area (TPSA) is 82.3 Å². The van der Waals surface area contributed by atoms with Gasteiger partial charge in [0, 0.05) is 90.0 Å². The highest BCUT2D eigenvalue weighted by Gasteiger charge is 2.18. The molecule has 8 aromatic rings. The Morgan fingerprint density at radius 3 is 1.73 bits per heavy atom. The second-order valence-corrected chi connectivity index (χ2v) is 13.8. The van der Waals surface area contributed by atoms with E-state index in [4.69, 9.17) is 32.7 Å². The number of rotatable bonds is 10. The van der Waals surface area contributed by atoms with Crippen LogP contribution in [0, 0.1) is 0 Å². The number of H-pyrrole nitrogens is 2. The lowest BCUT2D eigenvalue weighted by Gasteiger charge is -2.20. The molecule has 0 saturated heterocycles. The quantitative estimate of drug-likeness (QED) is 0.146. The van der Waals surface area contributed by atoms with Crippen LogP contribution in [0.5, 0.6) is 11.5 Å². The lowest BCUT2D eigenvalue weighted by atomic mass is 10.0. The molecule has 8 nitrogen and oxygen atoms in total. The summed E-state index contributed by atoms with van der Waals surface area (Å²) in [6, 6.07) is 20.1. The Bertz CT molecular complexity index is 2550. The molecule has 0 bridgehead atoms. The van der Waals surface area contributed by atoms with Gasteiger partial charge in [-0.05, 0) is 86.8 Å². The summed E-state index contributed by atoms with van der Waals surface area (Å²) in [5.74, 6) is 1.84. The van der Waals surface area contributed by atoms with Crippen molar-refractivity contribution in [3.05, 3.63) is 94.2 Å². The van der Waals surface area contributed by atoms with Gasteiger partial charge in [-0.3, -0.25) is 19.8 Å². The maximum absolute atomic E-state index is 6.13. The zero-order chi connectivity index (χ0) is 36.5. The number of aromatic nitrogens is 4. The van der Waals surface area contributed by atoms with Gasteiger partial charge in [-0.2, -0.15) is 0 Å². The average molecular weight is 736 g/mol. The first-order chi connectivity index (χ1) is 25.3. The molecule has 4 aromatic heterocycles. The number of fused-ring (bicyclic) bond motifs is 10. The molecule has 268 valence electrons. The summed E-state index contributed by atoms with van der Waals surface area (Å²) >= 11 is 12.2. The van der Waals surface area contributed by atoms with Crippen molar-refractivity contribution in [3.8, 4) is 11.5 Å². The molecule has 0 spiro atoms. The highest BCUT2D eigenvalue weighted by molar-refractivity contribution is 6.32. The second kappa shape index (κ2) is 15.2. The number of nitrogens with one attached hydrogen (secondary N) is 2. The molecule has 0 aliphatic rings. The number of halogens is 2. The van der Waals surface area contributed by atoms with Crippen molar-refractivity contribution < 1.29 is 9.47 Å². The molecule has 0 saturated carbocycles. The lowest BCUT2D eigenvalue weighted by Crippen LogP contribution is -2.22. The smallest absolute Gasteiger partial charge is 0.124 e. The predicted molar refractivity (Wildman–Crippen MR) is 219 cm³/mol. The number of aromatic amines is 2. The number of hydrogen-bond acceptors (Lipinski definition) is 6. The van der Waals surface area contributed by atoms with E-state index in [1.165, 1.54) is 16.5 Å². The molecule has 52 heavy (non-hydrogen) atoms. The second-order valence-electron chi connectivity index (χ2n) is 13.0. The molecular formula is C42H44Cl2N6O2. The van der Waals surface area contributed by atoms with Crippen molar-refractivity contribution in [2.24, 2.45) is 0 Å². The van der Waals surface area contributed by atoms with Crippen LogP contribution in [0.3, 0.4) is 0 Å². The summed E-state index contributed by atoms with van der Waals surface area (Å²) < 4.78 is 11.4. The van der Waals surface area contributed by atoms with Crippen LogP contribution in [0.1, 0.15) is 38.8 Å². The van der Waals surface area contributed by atoms with Crippen LogP contribution in [-0.2, 0) is 13.1 Å². The first-order valence-electron chi connectivity index (χ1n) is 17.9. The summed E-state index contributed by atoms with van der Waals surface area (Å²) in [5, 5.41) is 8.09. The van der Waals surface area contributed by atoms with E-state index in [9.17, 15) is 0 Å². The Morgan fingerprint density at radius 1 is 0.577 bits per heavy atom. The Morgan fingerprint density at radius 2 is 1.13 bits per heavy atom. The van der Waals surface area contributed by atoms with Crippen molar-refractivity contribution in [2.75, 3.05) is 40.4 Å². The Hall–Kier alpha value is -4.60. The van der Waals surface area contributed by atoms with E-state index in [0.29, 0.717) is 10.0 Å². The van der Waals surface area contributed by atoms with Crippen molar-refractivity contribution in [2.45, 2.75) is 40.8 Å². The lowest BCUT2D eigenvalue weighted by molar-refractivity contribution is 0.289. The van der Waals surface area contributed by atoms with E-state index in [1.54, 1.807) is 14.2 Å². The summed E-state index contributed by atoms with van der Waals surface area (Å²) in [6.45, 7) is 14.5. The van der Waals surface area contributed by atoms with Crippen LogP contribution in [0.15, 0.2) is 73.1 Å². The van der Waals surface area contributed by atoms with Crippen LogP contribution in [0.25, 0.3) is 65.4 Å². The standard InChI is InChI=1S/2C21H22ClN3O/c1-4-25(5-2)12-13-8-19-16(10-20(13)26-3)17-11-23-18-9-14(22)6-7-15(18)21(17)24-19;1-4-25(5-2)12-16-19(26-3)9-8-17-20(16)15-11-23-18-10-13(22)6-7-14(18)21(15)24-17/h2*6-11,24H,4-5,12H2,1-3H3. The van der Waals surface area contributed by atoms with Gasteiger partial charge >= 0.3 is 0 Å². The number of methoxy groups -OCH3 is 2. The van der Waals surface area contributed by atoms with Crippen LogP contribution in [0.2, 0.25) is 10.0 Å². The third kappa shape index (κ3) is 6.61. The van der Waals surface area contributed by atoms with Gasteiger partial charge in [0.15, 0.2) is 0 Å². The molecule has 0 aliphatic heterocycles. The Labute approximate surface area is 313 Å². The summed E-state index contributed by atoms with van der Waals surface area (Å²) in [7, 11) is 3.47. The molecule has 0 amide bonds. The zero-order valence-electron chi connectivity index (χ0n) is 30.5. The largest absolute Gasteiger partial charge is 0.496 e. The average Bonchev–Trinajstić information content (AvgIpc) is 3.73. The van der Waals surface area contributed by atoms with E-state index in [0.717, 1.165) is 111 Å². The third-order valence-corrected chi connectivity index (χ3v) is 10.7. The molecule has 0 aliphatic carbocycles. The molecule has 4 aromatic carbocycles. The zero-order valence-corrected chi connectivity index (χ0v) is 32.0. The van der Waals surface area contributed by atoms with Gasteiger partial charge in [-0.15, -0.1) is 0 Å². The minimum absolute atomic E-state index is 0.698. The Kier molecular flexibility index (Phi) is 10.4. The SMILES string of the molecule is CCN(CC)Cc1c(OC)ccc2[nH]c3c4ccc(Cl)cc4ncc3c12.CCN(CC)Cc1cc2[nH]c3c4ccc(Cl)cc4ncc3c2cc1OC. The number of nitrogens with zero attached hydrogens (tertiary/aromatic N) is 4. The van der Waals surface area contributed by atoms with Crippen LogP contribution in [0.4, 0.5) is 0 Å². The molecule has 4 heterocycles. The summed E-state index contributed by atoms with van der Waals surface area (Å²) in [4.78, 5) is 21.2. The number of hydrogen-bond donors (Lipinski definition) is 2. The van der Waals surface area contributed by atoms with E-state index in [2.05, 4.69) is 75.6 Å². The molecular weight excluding hydrogens is 691 g/mol. The fraction of sp³-hybridized carbons (Fsp3) is 0.286. The third-order valence-electron chi connectivity index (χ3n) is 10.2. The minimum Gasteiger partial charge on any atom is -0.496 e. The predicted octanol–water partition coefficient (Wildman–Crippen LogP) is 10.7. The van der Waals surface area contributed by atoms with Crippen LogP contribution < -0.4 is 9.47 Å². The van der Waals surface area contributed by atoms with Crippen molar-refractivity contribution in [3.63, 3.8) is 0 Å². The number of benzene rings is 4. The molecule has 2 N–H and O–H groups in total. The molecule has 0 atom stereocenters. The number of pyridine rings is 2. The summed E-state index contributed by atoms with van der Waals surface area (Å²) in [6.07, 6.45) is 3.86. The highest BCUT2D eigenvalue weighted by atomic mass is 35.5. The van der Waals surface area contributed by atoms with Crippen molar-refractivity contribution >= 4 is 88.6 Å². The van der Waals surface area contributed by atoms with E-state index >= 15 is 0 Å². The van der Waals surface area contributed by atoms with E-state index < -0.39 is 0 Å². The molecule has 0 fully saturated rings. The van der Waals surface area contributed by atoms with Gasteiger partial charge in [0.2, 0.25) is 0 Å². The summed E-state index contributed by atoms with van der Waals surface area (Å²) in [5.41, 5.74) is 8.57. The van der Waals surface area contributed by atoms with Gasteiger partial charge in [0.05, 0.1) is 36.3 Å². The molecule has 0 unspecified atom stereocenters. The highest BCUT2D eigenvalue weighted by Crippen LogP contribution is 2.38. The molecule has 8 rings (SSSR count). The molecule has 0 radical (unpaired) electrons. The van der Waals surface area contributed by atoms with Crippen LogP contribution >= 0.6 is 23.2 Å². The normalized spacial score (nSPS) is 11.9. The monoisotopic (exact) mass is 734 g/mol. The molecule has 10 heteroatoms. The van der Waals surface area contributed by atoms with Gasteiger partial charge in [0.25, 0.3) is 0 Å². The van der Waals surface area contributed by atoms with Gasteiger partial charge < -0.3 is 19.4 Å². The van der Waals surface area contributed by atoms with Gasteiger partial charge in [-0.1, -0.05) is 50.9 Å². The Balaban J connectivity index is 0.000000162. The van der Waals surface area contributed by atoms with Crippen LogP contribution in [-0.4, -0.2) is 70.1 Å². The number of ether oxygens (including phenoxy) is 2.